The molecule has 0 spiro atoms. The third-order valence-electron chi connectivity index (χ3n) is 0.252. The first-order valence-electron chi connectivity index (χ1n) is 1.55. The minimum Gasteiger partial charge on any atom is -0.449 e. The van der Waals surface area contributed by atoms with Gasteiger partial charge >= 0.3 is 0 Å². The van der Waals surface area contributed by atoms with Gasteiger partial charge in [0, 0.05) is 0 Å². The molecule has 33 valence electrons. The van der Waals surface area contributed by atoms with Crippen LogP contribution in [-0.4, -0.2) is 5.55 Å². The average molecular weight is 101 g/mol. The lowest BCUT2D eigenvalue weighted by molar-refractivity contribution is 0.504. The maximum atomic E-state index is 4.37. The van der Waals surface area contributed by atoms with Gasteiger partial charge in [-0.05, 0) is 19.1 Å². The highest BCUT2D eigenvalue weighted by Gasteiger charge is 1.57. The van der Waals surface area contributed by atoms with Crippen LogP contribution in [-0.2, 0) is 4.74 Å². The number of rotatable bonds is 2. The van der Waals surface area contributed by atoms with E-state index in [0.29, 0.717) is 0 Å². The second kappa shape index (κ2) is 4.63. The van der Waals surface area contributed by atoms with E-state index in [4.69, 9.17) is 0 Å². The van der Waals surface area contributed by atoms with Gasteiger partial charge in [-0.1, -0.05) is 6.08 Å². The van der Waals surface area contributed by atoms with Crippen molar-refractivity contribution in [2.45, 2.75) is 6.92 Å². The smallest absolute Gasteiger partial charge is 0.244 e. The van der Waals surface area contributed by atoms with Crippen LogP contribution in [0.2, 0.25) is 0 Å². The Hall–Kier alpha value is -0.370. The van der Waals surface area contributed by atoms with Gasteiger partial charge < -0.3 is 4.74 Å². The Morgan fingerprint density at radius 2 is 2.50 bits per heavy atom. The summed E-state index contributed by atoms with van der Waals surface area (Å²) in [7, 11) is 0. The van der Waals surface area contributed by atoms with Crippen molar-refractivity contribution in [3.63, 3.8) is 0 Å². The number of hydrogen-bond donors (Lipinski definition) is 0. The number of allylic oxidation sites excluding steroid dienone is 1. The first-order chi connectivity index (χ1) is 2.91. The van der Waals surface area contributed by atoms with Crippen LogP contribution in [0.5, 0.6) is 0 Å². The Morgan fingerprint density at radius 1 is 1.83 bits per heavy atom. The van der Waals surface area contributed by atoms with Crippen molar-refractivity contribution in [3.05, 3.63) is 12.3 Å². The summed E-state index contributed by atoms with van der Waals surface area (Å²) in [4.78, 5) is 0. The third-order valence-corrected chi connectivity index (χ3v) is 0.348. The van der Waals surface area contributed by atoms with Crippen LogP contribution < -0.4 is 0 Å². The molecule has 0 saturated carbocycles. The van der Waals surface area contributed by atoms with Crippen LogP contribution in [0.15, 0.2) is 12.3 Å². The van der Waals surface area contributed by atoms with Gasteiger partial charge in [-0.25, -0.2) is 0 Å². The Kier molecular flexibility index (Phi) is 4.34. The lowest BCUT2D eigenvalue weighted by Gasteiger charge is -1.75. The highest BCUT2D eigenvalue weighted by molar-refractivity contribution is 7.78. The van der Waals surface area contributed by atoms with Crippen molar-refractivity contribution in [3.8, 4) is 0 Å². The lowest BCUT2D eigenvalue weighted by Crippen LogP contribution is -1.65. The highest BCUT2D eigenvalue weighted by Crippen LogP contribution is 1.68. The van der Waals surface area contributed by atoms with Gasteiger partial charge in [0.1, 0.15) is 0 Å². The SMILES string of the molecule is C/C=C\O[C]=S. The van der Waals surface area contributed by atoms with Crippen molar-refractivity contribution < 1.29 is 4.74 Å². The Balaban J connectivity index is 2.85. The molecule has 0 rings (SSSR count). The largest absolute Gasteiger partial charge is 0.449 e. The van der Waals surface area contributed by atoms with Gasteiger partial charge in [0.2, 0.25) is 5.55 Å². The highest BCUT2D eigenvalue weighted by atomic mass is 32.1. The zero-order chi connectivity index (χ0) is 4.83. The molecule has 0 heterocycles. The first-order valence-corrected chi connectivity index (χ1v) is 1.96. The van der Waals surface area contributed by atoms with Crippen LogP contribution in [0, 0.1) is 0 Å². The fourth-order valence-electron chi connectivity index (χ4n) is 0.0958. The molecule has 1 radical (unpaired) electrons. The zero-order valence-electron chi connectivity index (χ0n) is 3.47. The quantitative estimate of drug-likeness (QED) is 0.384. The maximum absolute atomic E-state index is 4.37. The summed E-state index contributed by atoms with van der Waals surface area (Å²) in [6, 6.07) is 0. The predicted octanol–water partition coefficient (Wildman–Crippen LogP) is 1.37. The molecule has 6 heavy (non-hydrogen) atoms. The molecular weight excluding hydrogens is 96.1 g/mol. The molecule has 0 bridgehead atoms. The summed E-state index contributed by atoms with van der Waals surface area (Å²) in [5.41, 5.74) is 2.07. The van der Waals surface area contributed by atoms with Gasteiger partial charge in [0.15, 0.2) is 0 Å². The van der Waals surface area contributed by atoms with Gasteiger partial charge in [0.05, 0.1) is 6.26 Å². The summed E-state index contributed by atoms with van der Waals surface area (Å²) in [6.45, 7) is 1.84. The van der Waals surface area contributed by atoms with Crippen LogP contribution in [0.25, 0.3) is 0 Å². The summed E-state index contributed by atoms with van der Waals surface area (Å²) in [6.07, 6.45) is 3.20. The zero-order valence-corrected chi connectivity index (χ0v) is 4.29. The Morgan fingerprint density at radius 3 is 2.67 bits per heavy atom. The third kappa shape index (κ3) is 3.63. The van der Waals surface area contributed by atoms with Gasteiger partial charge in [-0.15, -0.1) is 0 Å². The van der Waals surface area contributed by atoms with Crippen molar-refractivity contribution in [1.29, 1.82) is 0 Å². The van der Waals surface area contributed by atoms with Crippen molar-refractivity contribution in [2.75, 3.05) is 0 Å². The Labute approximate surface area is 42.6 Å². The van der Waals surface area contributed by atoms with E-state index in [2.05, 4.69) is 22.5 Å². The molecule has 0 aliphatic carbocycles. The molecule has 0 saturated heterocycles. The fraction of sp³-hybridized carbons (Fsp3) is 0.250. The summed E-state index contributed by atoms with van der Waals surface area (Å²) in [5, 5.41) is 0. The molecule has 0 amide bonds. The van der Waals surface area contributed by atoms with Crippen LogP contribution >= 0.6 is 12.2 Å². The molecule has 1 nitrogen and oxygen atoms in total. The van der Waals surface area contributed by atoms with Crippen LogP contribution in [0.4, 0.5) is 0 Å². The number of thiocarbonyl (C=S) groups is 1. The summed E-state index contributed by atoms with van der Waals surface area (Å²) >= 11 is 4.19. The van der Waals surface area contributed by atoms with Crippen LogP contribution in [0.1, 0.15) is 6.92 Å². The summed E-state index contributed by atoms with van der Waals surface area (Å²) in [5.74, 6) is 0. The van der Waals surface area contributed by atoms with E-state index in [1.54, 1.807) is 6.08 Å². The van der Waals surface area contributed by atoms with Gasteiger partial charge in [-0.2, -0.15) is 0 Å². The van der Waals surface area contributed by atoms with Gasteiger partial charge in [0.25, 0.3) is 0 Å². The number of ether oxygens (including phenoxy) is 1. The molecule has 2 heteroatoms. The van der Waals surface area contributed by atoms with E-state index in [-0.39, 0.29) is 0 Å². The molecule has 0 unspecified atom stereocenters. The molecule has 0 N–H and O–H groups in total. The van der Waals surface area contributed by atoms with Crippen molar-refractivity contribution >= 4 is 17.8 Å². The lowest BCUT2D eigenvalue weighted by atomic mass is 10.7. The average Bonchev–Trinajstić information content (AvgIpc) is 1.61. The second-order valence-electron chi connectivity index (χ2n) is 0.671. The fourth-order valence-corrected chi connectivity index (χ4v) is 0.151. The second-order valence-corrected chi connectivity index (χ2v) is 0.837. The van der Waals surface area contributed by atoms with E-state index in [0.717, 1.165) is 0 Å². The minimum absolute atomic E-state index is 1.47. The Bertz CT molecular complexity index is 58.6. The predicted molar refractivity (Wildman–Crippen MR) is 28.5 cm³/mol. The molecule has 0 aliphatic rings. The van der Waals surface area contributed by atoms with Crippen molar-refractivity contribution in [2.24, 2.45) is 0 Å². The van der Waals surface area contributed by atoms with E-state index >= 15 is 0 Å². The minimum atomic E-state index is 1.47. The van der Waals surface area contributed by atoms with E-state index in [9.17, 15) is 0 Å². The molecule has 0 aromatic heterocycles. The maximum Gasteiger partial charge on any atom is 0.244 e. The molecule has 0 fully saturated rings. The first kappa shape index (κ1) is 5.63. The topological polar surface area (TPSA) is 9.23 Å². The monoisotopic (exact) mass is 101 g/mol. The number of hydrogen-bond acceptors (Lipinski definition) is 2. The molecule has 0 aromatic rings. The van der Waals surface area contributed by atoms with E-state index in [1.165, 1.54) is 6.26 Å². The standard InChI is InChI=1S/C4H5OS/c1-2-3-5-4-6/h2-3H,1H3/b3-2-. The molecule has 0 aliphatic heterocycles. The normalized spacial score (nSPS) is 8.83. The molecule has 0 aromatic carbocycles. The van der Waals surface area contributed by atoms with Crippen LogP contribution in [0.3, 0.4) is 0 Å². The van der Waals surface area contributed by atoms with E-state index in [1.807, 2.05) is 6.92 Å². The summed E-state index contributed by atoms with van der Waals surface area (Å²) < 4.78 is 4.37. The molecule has 0 atom stereocenters. The molecular formula is C4H5OS. The van der Waals surface area contributed by atoms with Gasteiger partial charge in [-0.3, -0.25) is 0 Å². The van der Waals surface area contributed by atoms with Crippen molar-refractivity contribution in [1.82, 2.24) is 0 Å². The van der Waals surface area contributed by atoms with E-state index < -0.39 is 0 Å².